The van der Waals surface area contributed by atoms with E-state index in [4.69, 9.17) is 5.11 Å². The van der Waals surface area contributed by atoms with Crippen LogP contribution in [0.25, 0.3) is 0 Å². The van der Waals surface area contributed by atoms with Crippen LogP contribution in [-0.4, -0.2) is 46.4 Å². The first-order valence-corrected chi connectivity index (χ1v) is 7.69. The lowest BCUT2D eigenvalue weighted by atomic mass is 10.1. The van der Waals surface area contributed by atoms with Gasteiger partial charge in [0, 0.05) is 32.1 Å². The predicted molar refractivity (Wildman–Crippen MR) is 83.5 cm³/mol. The number of carbonyl (C=O) groups excluding carboxylic acids is 1. The summed E-state index contributed by atoms with van der Waals surface area (Å²) < 4.78 is 37.9. The number of nitro benzene ring substituents is 1. The summed E-state index contributed by atoms with van der Waals surface area (Å²) in [6.07, 6.45) is -4.40. The Hall–Kier alpha value is -2.85. The van der Waals surface area contributed by atoms with Gasteiger partial charge in [-0.1, -0.05) is 0 Å². The van der Waals surface area contributed by atoms with Gasteiger partial charge in [0.05, 0.1) is 16.4 Å². The molecule has 1 atom stereocenters. The Labute approximate surface area is 145 Å². The number of benzene rings is 1. The van der Waals surface area contributed by atoms with Gasteiger partial charge in [-0.15, -0.1) is 0 Å². The minimum Gasteiger partial charge on any atom is -0.481 e. The van der Waals surface area contributed by atoms with Gasteiger partial charge in [0.25, 0.3) is 5.69 Å². The van der Waals surface area contributed by atoms with Crippen LogP contribution < -0.4 is 5.32 Å². The van der Waals surface area contributed by atoms with Gasteiger partial charge in [-0.2, -0.15) is 13.2 Å². The number of hydrogen-bond acceptors (Lipinski definition) is 5. The summed E-state index contributed by atoms with van der Waals surface area (Å²) in [6, 6.07) is 2.10. The van der Waals surface area contributed by atoms with Crippen LogP contribution in [0.2, 0.25) is 0 Å². The highest BCUT2D eigenvalue weighted by Crippen LogP contribution is 2.34. The second kappa shape index (κ2) is 7.58. The molecule has 26 heavy (non-hydrogen) atoms. The molecule has 1 aromatic rings. The molecule has 0 radical (unpaired) electrons. The van der Waals surface area contributed by atoms with Gasteiger partial charge in [-0.3, -0.25) is 19.7 Å². The number of halogens is 3. The Balaban J connectivity index is 1.96. The van der Waals surface area contributed by atoms with Crippen LogP contribution in [0.1, 0.15) is 18.4 Å². The number of carbonyl (C=O) groups is 2. The third-order valence-electron chi connectivity index (χ3n) is 4.07. The van der Waals surface area contributed by atoms with Crippen molar-refractivity contribution in [3.05, 3.63) is 33.9 Å². The minimum atomic E-state index is -4.70. The summed E-state index contributed by atoms with van der Waals surface area (Å²) in [4.78, 5) is 34.3. The van der Waals surface area contributed by atoms with Crippen molar-refractivity contribution in [2.45, 2.75) is 19.0 Å². The molecule has 8 nitrogen and oxygen atoms in total. The molecule has 2 N–H and O–H groups in total. The Bertz CT molecular complexity index is 723. The van der Waals surface area contributed by atoms with E-state index in [2.05, 4.69) is 5.32 Å². The van der Waals surface area contributed by atoms with Gasteiger partial charge in [0.2, 0.25) is 5.91 Å². The molecule has 0 bridgehead atoms. The van der Waals surface area contributed by atoms with Crippen molar-refractivity contribution in [2.24, 2.45) is 5.92 Å². The largest absolute Gasteiger partial charge is 0.481 e. The number of amides is 1. The highest BCUT2D eigenvalue weighted by molar-refractivity contribution is 5.79. The second-order valence-corrected chi connectivity index (χ2v) is 5.83. The van der Waals surface area contributed by atoms with E-state index in [0.29, 0.717) is 19.0 Å². The number of nitrogens with zero attached hydrogens (tertiary/aromatic N) is 2. The van der Waals surface area contributed by atoms with E-state index in [-0.39, 0.29) is 31.1 Å². The fourth-order valence-corrected chi connectivity index (χ4v) is 2.66. The highest BCUT2D eigenvalue weighted by Gasteiger charge is 2.33. The van der Waals surface area contributed by atoms with Crippen molar-refractivity contribution in [3.63, 3.8) is 0 Å². The van der Waals surface area contributed by atoms with Gasteiger partial charge in [-0.25, -0.2) is 0 Å². The summed E-state index contributed by atoms with van der Waals surface area (Å²) in [5.74, 6) is -1.91. The van der Waals surface area contributed by atoms with Crippen LogP contribution in [-0.2, 0) is 15.8 Å². The fourth-order valence-electron chi connectivity index (χ4n) is 2.66. The topological polar surface area (TPSA) is 113 Å². The first-order chi connectivity index (χ1) is 12.1. The van der Waals surface area contributed by atoms with E-state index in [1.807, 2.05) is 0 Å². The van der Waals surface area contributed by atoms with E-state index in [0.717, 1.165) is 12.1 Å². The third kappa shape index (κ3) is 4.61. The summed E-state index contributed by atoms with van der Waals surface area (Å²) >= 11 is 0. The average Bonchev–Trinajstić information content (AvgIpc) is 3.04. The monoisotopic (exact) mass is 375 g/mol. The molecule has 0 aromatic heterocycles. The second-order valence-electron chi connectivity index (χ2n) is 5.83. The van der Waals surface area contributed by atoms with Crippen LogP contribution in [0.3, 0.4) is 0 Å². The van der Waals surface area contributed by atoms with Crippen LogP contribution in [0.5, 0.6) is 0 Å². The lowest BCUT2D eigenvalue weighted by Crippen LogP contribution is -2.31. The molecule has 1 aliphatic heterocycles. The smallest absolute Gasteiger partial charge is 0.416 e. The Morgan fingerprint density at radius 2 is 2.08 bits per heavy atom. The van der Waals surface area contributed by atoms with Gasteiger partial charge in [0.15, 0.2) is 0 Å². The van der Waals surface area contributed by atoms with Crippen molar-refractivity contribution in [3.8, 4) is 0 Å². The number of anilines is 1. The number of aliphatic carboxylic acids is 1. The lowest BCUT2D eigenvalue weighted by Gasteiger charge is -2.16. The molecule has 0 spiro atoms. The number of carboxylic acids is 1. The molecule has 1 saturated heterocycles. The lowest BCUT2D eigenvalue weighted by molar-refractivity contribution is -0.384. The summed E-state index contributed by atoms with van der Waals surface area (Å²) in [7, 11) is 0. The normalized spacial score (nSPS) is 17.2. The van der Waals surface area contributed by atoms with Crippen molar-refractivity contribution in [1.82, 2.24) is 4.90 Å². The fraction of sp³-hybridized carbons (Fsp3) is 0.467. The number of carboxylic acid groups (broad SMARTS) is 1. The van der Waals surface area contributed by atoms with E-state index in [1.165, 1.54) is 4.90 Å². The number of rotatable bonds is 6. The zero-order chi connectivity index (χ0) is 19.5. The van der Waals surface area contributed by atoms with Gasteiger partial charge in [0.1, 0.15) is 5.69 Å². The van der Waals surface area contributed by atoms with Crippen LogP contribution in [0.4, 0.5) is 24.5 Å². The molecule has 11 heteroatoms. The molecule has 1 amide bonds. The predicted octanol–water partition coefficient (Wildman–Crippen LogP) is 2.35. The molecule has 0 aliphatic carbocycles. The molecule has 142 valence electrons. The molecule has 1 heterocycles. The maximum absolute atomic E-state index is 12.6. The van der Waals surface area contributed by atoms with Gasteiger partial charge < -0.3 is 15.3 Å². The van der Waals surface area contributed by atoms with Crippen molar-refractivity contribution >= 4 is 23.3 Å². The van der Waals surface area contributed by atoms with Crippen molar-refractivity contribution in [2.75, 3.05) is 25.0 Å². The van der Waals surface area contributed by atoms with Crippen LogP contribution in [0, 0.1) is 16.0 Å². The maximum atomic E-state index is 12.6. The van der Waals surface area contributed by atoms with Crippen molar-refractivity contribution < 1.29 is 32.8 Å². The zero-order valence-electron chi connectivity index (χ0n) is 13.5. The van der Waals surface area contributed by atoms with E-state index in [1.54, 1.807) is 0 Å². The molecular formula is C15H16F3N3O5. The summed E-state index contributed by atoms with van der Waals surface area (Å²) in [6.45, 7) is 0.393. The number of nitrogens with one attached hydrogen (secondary N) is 1. The summed E-state index contributed by atoms with van der Waals surface area (Å²) in [5, 5.41) is 22.5. The zero-order valence-corrected chi connectivity index (χ0v) is 13.5. The highest BCUT2D eigenvalue weighted by atomic mass is 19.4. The molecule has 2 rings (SSSR count). The molecule has 1 aliphatic rings. The molecule has 1 fully saturated rings. The van der Waals surface area contributed by atoms with Gasteiger partial charge >= 0.3 is 12.1 Å². The average molecular weight is 375 g/mol. The first kappa shape index (κ1) is 19.5. The molecule has 1 unspecified atom stereocenters. The van der Waals surface area contributed by atoms with Crippen molar-refractivity contribution in [1.29, 1.82) is 0 Å². The Kier molecular flexibility index (Phi) is 5.68. The first-order valence-electron chi connectivity index (χ1n) is 7.69. The standard InChI is InChI=1S/C15H16F3N3O5/c16-15(17,18)10-1-2-11(12(7-10)21(25)26)19-5-3-13(22)20-6-4-9(8-20)14(23)24/h1-2,7,9,19H,3-6,8H2,(H,23,24). The molecule has 0 saturated carbocycles. The maximum Gasteiger partial charge on any atom is 0.416 e. The number of nitro groups is 1. The van der Waals surface area contributed by atoms with Gasteiger partial charge in [-0.05, 0) is 18.6 Å². The van der Waals surface area contributed by atoms with Crippen LogP contribution >= 0.6 is 0 Å². The third-order valence-corrected chi connectivity index (χ3v) is 4.07. The summed E-state index contributed by atoms with van der Waals surface area (Å²) in [5.41, 5.74) is -2.00. The Morgan fingerprint density at radius 3 is 2.62 bits per heavy atom. The Morgan fingerprint density at radius 1 is 1.38 bits per heavy atom. The number of likely N-dealkylation sites (tertiary alicyclic amines) is 1. The molecule has 1 aromatic carbocycles. The number of hydrogen-bond donors (Lipinski definition) is 2. The van der Waals surface area contributed by atoms with E-state index < -0.39 is 34.2 Å². The van der Waals surface area contributed by atoms with E-state index in [9.17, 15) is 32.9 Å². The van der Waals surface area contributed by atoms with Crippen LogP contribution in [0.15, 0.2) is 18.2 Å². The quantitative estimate of drug-likeness (QED) is 0.583. The SMILES string of the molecule is O=C(O)C1CCN(C(=O)CCNc2ccc(C(F)(F)F)cc2[N+](=O)[O-])C1. The van der Waals surface area contributed by atoms with E-state index >= 15 is 0 Å². The minimum absolute atomic E-state index is 0.0285. The molecular weight excluding hydrogens is 359 g/mol. The number of alkyl halides is 3.